The second-order valence-electron chi connectivity index (χ2n) is 6.75. The van der Waals surface area contributed by atoms with Crippen LogP contribution in [0.5, 0.6) is 0 Å². The molecule has 1 aromatic carbocycles. The smallest absolute Gasteiger partial charge is 0.317 e. The predicted molar refractivity (Wildman–Crippen MR) is 106 cm³/mol. The molecule has 1 fully saturated rings. The Morgan fingerprint density at radius 1 is 1.26 bits per heavy atom. The van der Waals surface area contributed by atoms with Gasteiger partial charge in [0, 0.05) is 29.6 Å². The van der Waals surface area contributed by atoms with Crippen molar-refractivity contribution in [2.24, 2.45) is 0 Å². The summed E-state index contributed by atoms with van der Waals surface area (Å²) in [6.45, 7) is 6.01. The number of aliphatic carboxylic acids is 1. The third-order valence-corrected chi connectivity index (χ3v) is 5.69. The Labute approximate surface area is 163 Å². The molecule has 0 aliphatic heterocycles. The van der Waals surface area contributed by atoms with Crippen LogP contribution in [0, 0.1) is 0 Å². The van der Waals surface area contributed by atoms with E-state index in [-0.39, 0.29) is 35.7 Å². The van der Waals surface area contributed by atoms with Crippen LogP contribution in [0.15, 0.2) is 29.2 Å². The van der Waals surface area contributed by atoms with Crippen LogP contribution in [0.2, 0.25) is 0 Å². The second-order valence-corrected chi connectivity index (χ2v) is 8.17. The van der Waals surface area contributed by atoms with Crippen molar-refractivity contribution < 1.29 is 19.5 Å². The van der Waals surface area contributed by atoms with Gasteiger partial charge in [-0.15, -0.1) is 11.8 Å². The van der Waals surface area contributed by atoms with Crippen LogP contribution in [0.1, 0.15) is 33.6 Å². The molecule has 1 unspecified atom stereocenters. The van der Waals surface area contributed by atoms with Gasteiger partial charge in [0.2, 0.25) is 11.8 Å². The Balaban J connectivity index is 1.76. The summed E-state index contributed by atoms with van der Waals surface area (Å²) in [5.41, 5.74) is 0.728. The van der Waals surface area contributed by atoms with E-state index in [0.717, 1.165) is 23.4 Å². The van der Waals surface area contributed by atoms with Gasteiger partial charge in [0.25, 0.3) is 0 Å². The van der Waals surface area contributed by atoms with E-state index in [2.05, 4.69) is 10.6 Å². The first kappa shape index (κ1) is 21.2. The number of carboxylic acids is 1. The van der Waals surface area contributed by atoms with E-state index in [0.29, 0.717) is 6.54 Å². The second kappa shape index (κ2) is 9.75. The lowest BCUT2D eigenvalue weighted by molar-refractivity contribution is -0.139. The molecule has 1 aliphatic carbocycles. The molecule has 7 nitrogen and oxygen atoms in total. The summed E-state index contributed by atoms with van der Waals surface area (Å²) in [6, 6.07) is 7.71. The Morgan fingerprint density at radius 2 is 1.89 bits per heavy atom. The lowest BCUT2D eigenvalue weighted by atomic mass is 9.85. The number of anilines is 1. The third kappa shape index (κ3) is 6.55. The molecule has 27 heavy (non-hydrogen) atoms. The molecule has 0 heterocycles. The highest BCUT2D eigenvalue weighted by atomic mass is 32.2. The fourth-order valence-corrected chi connectivity index (χ4v) is 3.95. The Hall–Kier alpha value is -2.06. The number of hydrogen-bond donors (Lipinski definition) is 3. The summed E-state index contributed by atoms with van der Waals surface area (Å²) in [5.74, 6) is -0.957. The number of carboxylic acid groups (broad SMARTS) is 1. The number of nitrogens with zero attached hydrogens (tertiary/aromatic N) is 1. The van der Waals surface area contributed by atoms with Gasteiger partial charge < -0.3 is 15.7 Å². The van der Waals surface area contributed by atoms with Crippen LogP contribution in [0.3, 0.4) is 0 Å². The maximum absolute atomic E-state index is 12.4. The van der Waals surface area contributed by atoms with Crippen LogP contribution in [0.25, 0.3) is 0 Å². The number of likely N-dealkylation sites (N-methyl/N-ethyl adjacent to an activating group) is 1. The van der Waals surface area contributed by atoms with Crippen molar-refractivity contribution in [2.45, 2.75) is 55.8 Å². The molecule has 148 valence electrons. The van der Waals surface area contributed by atoms with Crippen molar-refractivity contribution in [3.8, 4) is 0 Å². The molecular formula is C19H27N3O4S. The first-order valence-electron chi connectivity index (χ1n) is 9.09. The van der Waals surface area contributed by atoms with Gasteiger partial charge in [-0.1, -0.05) is 6.92 Å². The lowest BCUT2D eigenvalue weighted by Gasteiger charge is -2.42. The molecule has 2 rings (SSSR count). The van der Waals surface area contributed by atoms with E-state index in [9.17, 15) is 14.4 Å². The van der Waals surface area contributed by atoms with E-state index in [1.54, 1.807) is 0 Å². The topological polar surface area (TPSA) is 98.7 Å². The van der Waals surface area contributed by atoms with Gasteiger partial charge >= 0.3 is 5.97 Å². The molecule has 2 amide bonds. The van der Waals surface area contributed by atoms with Crippen LogP contribution in [-0.4, -0.2) is 58.2 Å². The van der Waals surface area contributed by atoms with Crippen LogP contribution < -0.4 is 10.6 Å². The Bertz CT molecular complexity index is 674. The Morgan fingerprint density at radius 3 is 2.41 bits per heavy atom. The van der Waals surface area contributed by atoms with Gasteiger partial charge in [0.15, 0.2) is 0 Å². The normalized spacial score (nSPS) is 19.9. The quantitative estimate of drug-likeness (QED) is 0.556. The summed E-state index contributed by atoms with van der Waals surface area (Å²) in [7, 11) is 0. The SMILES string of the molecule is CCN(CC(=O)O)C1CC(NC(=O)C(C)Sc2ccc(NC(C)=O)cc2)C1. The highest BCUT2D eigenvalue weighted by Gasteiger charge is 2.35. The van der Waals surface area contributed by atoms with Gasteiger partial charge in [-0.3, -0.25) is 19.3 Å². The van der Waals surface area contributed by atoms with E-state index in [1.807, 2.05) is 43.0 Å². The lowest BCUT2D eigenvalue weighted by Crippen LogP contribution is -2.55. The highest BCUT2D eigenvalue weighted by molar-refractivity contribution is 8.00. The maximum Gasteiger partial charge on any atom is 0.317 e. The molecule has 3 N–H and O–H groups in total. The number of benzene rings is 1. The number of amides is 2. The van der Waals surface area contributed by atoms with E-state index in [1.165, 1.54) is 18.7 Å². The first-order valence-corrected chi connectivity index (χ1v) is 9.97. The minimum Gasteiger partial charge on any atom is -0.480 e. The first-order chi connectivity index (χ1) is 12.8. The summed E-state index contributed by atoms with van der Waals surface area (Å²) in [6.07, 6.45) is 1.57. The number of carbonyl (C=O) groups excluding carboxylic acids is 2. The maximum atomic E-state index is 12.4. The van der Waals surface area contributed by atoms with Crippen molar-refractivity contribution in [3.63, 3.8) is 0 Å². The minimum absolute atomic E-state index is 0.0179. The molecule has 0 aromatic heterocycles. The standard InChI is InChI=1S/C19H27N3O4S/c1-4-22(11-18(24)25)16-9-15(10-16)21-19(26)12(2)27-17-7-5-14(6-8-17)20-13(3)23/h5-8,12,15-16H,4,9-11H2,1-3H3,(H,20,23)(H,21,26)(H,24,25). The fourth-order valence-electron chi connectivity index (χ4n) is 3.07. The van der Waals surface area contributed by atoms with Crippen molar-refractivity contribution in [3.05, 3.63) is 24.3 Å². The average Bonchev–Trinajstić information content (AvgIpc) is 2.56. The van der Waals surface area contributed by atoms with Crippen LogP contribution in [0.4, 0.5) is 5.69 Å². The van der Waals surface area contributed by atoms with Gasteiger partial charge in [-0.05, 0) is 50.6 Å². The predicted octanol–water partition coefficient (Wildman–Crippen LogP) is 2.18. The molecule has 1 atom stereocenters. The van der Waals surface area contributed by atoms with Gasteiger partial charge in [0.1, 0.15) is 0 Å². The van der Waals surface area contributed by atoms with Crippen molar-refractivity contribution in [1.82, 2.24) is 10.2 Å². The highest BCUT2D eigenvalue weighted by Crippen LogP contribution is 2.28. The molecule has 0 radical (unpaired) electrons. The summed E-state index contributed by atoms with van der Waals surface area (Å²) in [5, 5.41) is 14.5. The van der Waals surface area contributed by atoms with Crippen LogP contribution >= 0.6 is 11.8 Å². The van der Waals surface area contributed by atoms with Crippen molar-refractivity contribution in [1.29, 1.82) is 0 Å². The molecule has 0 bridgehead atoms. The zero-order valence-electron chi connectivity index (χ0n) is 15.9. The van der Waals surface area contributed by atoms with Crippen LogP contribution in [-0.2, 0) is 14.4 Å². The number of thioether (sulfide) groups is 1. The van der Waals surface area contributed by atoms with E-state index in [4.69, 9.17) is 5.11 Å². The molecule has 0 spiro atoms. The molecule has 0 saturated heterocycles. The summed E-state index contributed by atoms with van der Waals surface area (Å²) in [4.78, 5) is 37.2. The molecule has 1 saturated carbocycles. The number of nitrogens with one attached hydrogen (secondary N) is 2. The van der Waals surface area contributed by atoms with E-state index < -0.39 is 5.97 Å². The number of rotatable bonds is 9. The van der Waals surface area contributed by atoms with Gasteiger partial charge in [-0.2, -0.15) is 0 Å². The Kier molecular flexibility index (Phi) is 7.67. The summed E-state index contributed by atoms with van der Waals surface area (Å²) >= 11 is 1.46. The van der Waals surface area contributed by atoms with Crippen molar-refractivity contribution >= 4 is 35.2 Å². The van der Waals surface area contributed by atoms with E-state index >= 15 is 0 Å². The van der Waals surface area contributed by atoms with Gasteiger partial charge in [-0.25, -0.2) is 0 Å². The molecule has 1 aromatic rings. The van der Waals surface area contributed by atoms with Crippen molar-refractivity contribution in [2.75, 3.05) is 18.4 Å². The third-order valence-electron chi connectivity index (χ3n) is 4.58. The molecule has 1 aliphatic rings. The van der Waals surface area contributed by atoms with Gasteiger partial charge in [0.05, 0.1) is 11.8 Å². The zero-order valence-corrected chi connectivity index (χ0v) is 16.7. The fraction of sp³-hybridized carbons (Fsp3) is 0.526. The minimum atomic E-state index is -0.820. The molecule has 8 heteroatoms. The number of hydrogen-bond acceptors (Lipinski definition) is 5. The monoisotopic (exact) mass is 393 g/mol. The largest absolute Gasteiger partial charge is 0.480 e. The number of carbonyl (C=O) groups is 3. The summed E-state index contributed by atoms with van der Waals surface area (Å²) < 4.78 is 0. The average molecular weight is 394 g/mol. The zero-order chi connectivity index (χ0) is 20.0. The molecular weight excluding hydrogens is 366 g/mol.